The van der Waals surface area contributed by atoms with E-state index in [2.05, 4.69) is 20.3 Å². The van der Waals surface area contributed by atoms with Gasteiger partial charge in [-0.25, -0.2) is 14.7 Å². The highest BCUT2D eigenvalue weighted by atomic mass is 16.6. The number of unbranched alkanes of at least 4 members (excludes halogenated alkanes) is 1. The van der Waals surface area contributed by atoms with Gasteiger partial charge >= 0.3 is 6.09 Å². The van der Waals surface area contributed by atoms with Gasteiger partial charge in [-0.1, -0.05) is 18.2 Å². The SMILES string of the molecule is CC(=N[C@@](C)(CCCCN)C(=O)N(c1ccccc1)c1ncc[nH]1)NC(=O)OC(C)(C)C. The predicted molar refractivity (Wildman–Crippen MR) is 126 cm³/mol. The second-order valence-electron chi connectivity index (χ2n) is 8.73. The molecule has 9 nitrogen and oxygen atoms in total. The average Bonchev–Trinajstić information content (AvgIpc) is 3.21. The van der Waals surface area contributed by atoms with Crippen LogP contribution >= 0.6 is 0 Å². The summed E-state index contributed by atoms with van der Waals surface area (Å²) in [6.45, 7) is 9.24. The number of aromatic amines is 1. The number of nitrogens with one attached hydrogen (secondary N) is 2. The van der Waals surface area contributed by atoms with Crippen LogP contribution in [0.5, 0.6) is 0 Å². The van der Waals surface area contributed by atoms with E-state index in [0.29, 0.717) is 31.0 Å². The fourth-order valence-corrected chi connectivity index (χ4v) is 3.21. The lowest BCUT2D eigenvalue weighted by Crippen LogP contribution is -2.46. The minimum absolute atomic E-state index is 0.277. The maximum absolute atomic E-state index is 13.9. The van der Waals surface area contributed by atoms with Crippen LogP contribution in [0.25, 0.3) is 0 Å². The number of H-pyrrole nitrogens is 1. The smallest absolute Gasteiger partial charge is 0.413 e. The van der Waals surface area contributed by atoms with Gasteiger partial charge in [-0.2, -0.15) is 0 Å². The summed E-state index contributed by atoms with van der Waals surface area (Å²) in [4.78, 5) is 39.5. The molecule has 0 fully saturated rings. The first-order chi connectivity index (χ1) is 15.1. The number of imidazole rings is 1. The molecule has 2 amide bonds. The van der Waals surface area contributed by atoms with Gasteiger partial charge in [0.2, 0.25) is 5.95 Å². The zero-order valence-electron chi connectivity index (χ0n) is 19.5. The Hall–Kier alpha value is -3.20. The van der Waals surface area contributed by atoms with Crippen LogP contribution in [0.3, 0.4) is 0 Å². The maximum atomic E-state index is 13.9. The quantitative estimate of drug-likeness (QED) is 0.325. The molecule has 0 saturated heterocycles. The number of carbonyl (C=O) groups excluding carboxylic acids is 2. The van der Waals surface area contributed by atoms with E-state index >= 15 is 0 Å². The topological polar surface area (TPSA) is 126 Å². The summed E-state index contributed by atoms with van der Waals surface area (Å²) < 4.78 is 5.30. The molecule has 2 aromatic rings. The molecular weight excluding hydrogens is 408 g/mol. The molecule has 0 aliphatic rings. The molecule has 2 rings (SSSR count). The van der Waals surface area contributed by atoms with Crippen LogP contribution in [0.4, 0.5) is 16.4 Å². The number of anilines is 2. The minimum atomic E-state index is -1.17. The summed E-state index contributed by atoms with van der Waals surface area (Å²) in [7, 11) is 0. The summed E-state index contributed by atoms with van der Waals surface area (Å²) in [6, 6.07) is 9.24. The van der Waals surface area contributed by atoms with Crippen molar-refractivity contribution in [1.82, 2.24) is 15.3 Å². The molecule has 0 aliphatic carbocycles. The Morgan fingerprint density at radius 1 is 1.19 bits per heavy atom. The molecule has 9 heteroatoms. The van der Waals surface area contributed by atoms with Gasteiger partial charge in [0.1, 0.15) is 17.0 Å². The van der Waals surface area contributed by atoms with Gasteiger partial charge in [-0.3, -0.25) is 15.1 Å². The number of para-hydroxylation sites is 1. The van der Waals surface area contributed by atoms with Crippen LogP contribution < -0.4 is 16.0 Å². The molecule has 1 aromatic carbocycles. The summed E-state index contributed by atoms with van der Waals surface area (Å²) in [5, 5.41) is 2.62. The summed E-state index contributed by atoms with van der Waals surface area (Å²) in [6.07, 6.45) is 4.51. The van der Waals surface area contributed by atoms with Crippen molar-refractivity contribution in [2.45, 2.75) is 65.0 Å². The molecule has 0 unspecified atom stereocenters. The van der Waals surface area contributed by atoms with Gasteiger partial charge < -0.3 is 15.5 Å². The third kappa shape index (κ3) is 7.19. The van der Waals surface area contributed by atoms with Crippen LogP contribution in [0, 0.1) is 0 Å². The summed E-state index contributed by atoms with van der Waals surface area (Å²) >= 11 is 0. The number of ether oxygens (including phenoxy) is 1. The van der Waals surface area contributed by atoms with Gasteiger partial charge in [0, 0.05) is 12.4 Å². The number of rotatable bonds is 8. The van der Waals surface area contributed by atoms with Gasteiger partial charge in [-0.15, -0.1) is 0 Å². The molecular formula is C23H34N6O3. The lowest BCUT2D eigenvalue weighted by molar-refractivity contribution is -0.122. The van der Waals surface area contributed by atoms with Crippen molar-refractivity contribution >= 4 is 29.5 Å². The Morgan fingerprint density at radius 2 is 1.88 bits per heavy atom. The highest BCUT2D eigenvalue weighted by Gasteiger charge is 2.38. The second kappa shape index (κ2) is 10.9. The van der Waals surface area contributed by atoms with E-state index < -0.39 is 17.2 Å². The van der Waals surface area contributed by atoms with E-state index in [4.69, 9.17) is 10.5 Å². The first-order valence-corrected chi connectivity index (χ1v) is 10.7. The van der Waals surface area contributed by atoms with E-state index in [-0.39, 0.29) is 11.7 Å². The Labute approximate surface area is 189 Å². The predicted octanol–water partition coefficient (Wildman–Crippen LogP) is 3.91. The first-order valence-electron chi connectivity index (χ1n) is 10.7. The van der Waals surface area contributed by atoms with Crippen molar-refractivity contribution in [2.24, 2.45) is 10.7 Å². The number of amides is 2. The van der Waals surface area contributed by atoms with Crippen LogP contribution in [-0.2, 0) is 9.53 Å². The van der Waals surface area contributed by atoms with Crippen LogP contribution in [0.1, 0.15) is 53.9 Å². The van der Waals surface area contributed by atoms with E-state index in [0.717, 1.165) is 6.42 Å². The van der Waals surface area contributed by atoms with Gasteiger partial charge in [0.05, 0.1) is 5.69 Å². The molecule has 1 heterocycles. The maximum Gasteiger partial charge on any atom is 0.413 e. The molecule has 0 spiro atoms. The number of amidine groups is 1. The Kier molecular flexibility index (Phi) is 8.54. The standard InChI is InChI=1S/C23H34N6O3/c1-17(27-21(31)32-22(2,3)4)28-23(5,13-9-10-14-24)19(30)29(20-25-15-16-26-20)18-11-7-6-8-12-18/h6-8,11-12,15-16H,9-10,13-14,24H2,1-5H3,(H,25,26)(H,27,28,31)/t23-/m0/s1. The van der Waals surface area contributed by atoms with E-state index in [1.54, 1.807) is 47.0 Å². The molecule has 1 atom stereocenters. The van der Waals surface area contributed by atoms with Crippen molar-refractivity contribution in [3.8, 4) is 0 Å². The lowest BCUT2D eigenvalue weighted by atomic mass is 9.93. The fourth-order valence-electron chi connectivity index (χ4n) is 3.21. The zero-order chi connectivity index (χ0) is 23.8. The number of aromatic nitrogens is 2. The number of aliphatic imine (C=N–C) groups is 1. The number of nitrogens with zero attached hydrogens (tertiary/aromatic N) is 3. The van der Waals surface area contributed by atoms with E-state index in [9.17, 15) is 9.59 Å². The molecule has 1 aromatic heterocycles. The van der Waals surface area contributed by atoms with E-state index in [1.807, 2.05) is 30.3 Å². The number of nitrogens with two attached hydrogens (primary N) is 1. The summed E-state index contributed by atoms with van der Waals surface area (Å²) in [5.41, 5.74) is 4.51. The van der Waals surface area contributed by atoms with Crippen molar-refractivity contribution in [3.05, 3.63) is 42.7 Å². The van der Waals surface area contributed by atoms with E-state index in [1.165, 1.54) is 4.90 Å². The number of benzene rings is 1. The van der Waals surface area contributed by atoms with Crippen LogP contribution in [-0.4, -0.2) is 45.5 Å². The van der Waals surface area contributed by atoms with Crippen LogP contribution in [0.2, 0.25) is 0 Å². The fraction of sp³-hybridized carbons (Fsp3) is 0.478. The molecule has 0 bridgehead atoms. The monoisotopic (exact) mass is 442 g/mol. The van der Waals surface area contributed by atoms with Crippen molar-refractivity contribution in [3.63, 3.8) is 0 Å². The third-order valence-electron chi connectivity index (χ3n) is 4.59. The van der Waals surface area contributed by atoms with Gasteiger partial charge in [0.15, 0.2) is 0 Å². The highest BCUT2D eigenvalue weighted by molar-refractivity contribution is 6.06. The molecule has 0 aliphatic heterocycles. The van der Waals surface area contributed by atoms with Crippen LogP contribution in [0.15, 0.2) is 47.7 Å². The molecule has 0 saturated carbocycles. The Balaban J connectivity index is 2.39. The number of hydrogen-bond acceptors (Lipinski definition) is 6. The molecule has 4 N–H and O–H groups in total. The largest absolute Gasteiger partial charge is 0.444 e. The molecule has 32 heavy (non-hydrogen) atoms. The lowest BCUT2D eigenvalue weighted by Gasteiger charge is -2.31. The Bertz CT molecular complexity index is 906. The molecule has 0 radical (unpaired) electrons. The zero-order valence-corrected chi connectivity index (χ0v) is 19.5. The molecule has 174 valence electrons. The van der Waals surface area contributed by atoms with Gasteiger partial charge in [-0.05, 0) is 72.6 Å². The van der Waals surface area contributed by atoms with Gasteiger partial charge in [0.25, 0.3) is 5.91 Å². The Morgan fingerprint density at radius 3 is 2.44 bits per heavy atom. The van der Waals surface area contributed by atoms with Crippen molar-refractivity contribution < 1.29 is 14.3 Å². The normalized spacial score (nSPS) is 13.9. The average molecular weight is 443 g/mol. The van der Waals surface area contributed by atoms with Crippen molar-refractivity contribution in [2.75, 3.05) is 11.4 Å². The van der Waals surface area contributed by atoms with Crippen molar-refractivity contribution in [1.29, 1.82) is 0 Å². The highest BCUT2D eigenvalue weighted by Crippen LogP contribution is 2.30. The number of hydrogen-bond donors (Lipinski definition) is 3. The first kappa shape index (κ1) is 25.1. The number of carbonyl (C=O) groups is 2. The summed E-state index contributed by atoms with van der Waals surface area (Å²) in [5.74, 6) is 0.399. The third-order valence-corrected chi connectivity index (χ3v) is 4.59. The second-order valence-corrected chi connectivity index (χ2v) is 8.73. The minimum Gasteiger partial charge on any atom is -0.444 e. The number of alkyl carbamates (subject to hydrolysis) is 1.